The Bertz CT molecular complexity index is 916. The Morgan fingerprint density at radius 2 is 1.58 bits per heavy atom. The second kappa shape index (κ2) is 12.7. The molecule has 0 aliphatic heterocycles. The summed E-state index contributed by atoms with van der Waals surface area (Å²) < 4.78 is 5.35. The van der Waals surface area contributed by atoms with Crippen molar-refractivity contribution in [2.24, 2.45) is 5.73 Å². The van der Waals surface area contributed by atoms with Crippen molar-refractivity contribution in [3.8, 4) is 0 Å². The molecule has 0 aliphatic rings. The minimum atomic E-state index is -1.11. The third kappa shape index (κ3) is 10.3. The van der Waals surface area contributed by atoms with Crippen LogP contribution in [0, 0.1) is 6.92 Å². The summed E-state index contributed by atoms with van der Waals surface area (Å²) in [6.45, 7) is 16.4. The molecule has 0 bridgehead atoms. The summed E-state index contributed by atoms with van der Waals surface area (Å²) in [5.41, 5.74) is 5.68. The minimum absolute atomic E-state index is 0.0259. The van der Waals surface area contributed by atoms with E-state index in [0.29, 0.717) is 12.0 Å². The van der Waals surface area contributed by atoms with Gasteiger partial charge in [-0.3, -0.25) is 14.4 Å². The van der Waals surface area contributed by atoms with Crippen LogP contribution in [0.5, 0.6) is 0 Å². The lowest BCUT2D eigenvalue weighted by atomic mass is 9.97. The number of aryl methyl sites for hydroxylation is 1. The van der Waals surface area contributed by atoms with E-state index in [4.69, 9.17) is 10.5 Å². The molecule has 0 saturated heterocycles. The molecule has 3 atom stereocenters. The van der Waals surface area contributed by atoms with Crippen LogP contribution in [0.15, 0.2) is 24.3 Å². The van der Waals surface area contributed by atoms with Gasteiger partial charge in [0, 0.05) is 18.0 Å². The number of benzene rings is 1. The first kappa shape index (κ1) is 30.9. The van der Waals surface area contributed by atoms with E-state index in [0.717, 1.165) is 5.56 Å². The van der Waals surface area contributed by atoms with Gasteiger partial charge >= 0.3 is 6.09 Å². The van der Waals surface area contributed by atoms with Crippen LogP contribution in [0.1, 0.15) is 91.8 Å². The van der Waals surface area contributed by atoms with E-state index in [1.54, 1.807) is 20.8 Å². The lowest BCUT2D eigenvalue weighted by Gasteiger charge is -2.39. The largest absolute Gasteiger partial charge is 0.444 e. The summed E-state index contributed by atoms with van der Waals surface area (Å²) in [4.78, 5) is 53.3. The number of rotatable bonds is 10. The topological polar surface area (TPSA) is 131 Å². The molecule has 9 nitrogen and oxygen atoms in total. The standard InChI is InChI=1S/C27H44N4O5/c1-10-18(3)31(22(23(33)30-26(4,5)6)19-13-11-17(2)12-14-19)24(34)20(15-16-21(28)32)29-25(35)36-27(7,8)9/h11-14,18,20,22H,10,15-16H2,1-9H3,(H2,28,32)(H,29,35)(H,30,33). The number of primary amides is 1. The number of carbonyl (C=O) groups is 4. The Kier molecular flexibility index (Phi) is 10.9. The molecule has 1 aromatic rings. The van der Waals surface area contributed by atoms with Gasteiger partial charge in [-0.1, -0.05) is 36.8 Å². The maximum absolute atomic E-state index is 14.0. The molecule has 9 heteroatoms. The fraction of sp³-hybridized carbons (Fsp3) is 0.630. The number of amides is 4. The molecule has 0 saturated carbocycles. The molecule has 3 unspecified atom stereocenters. The molecule has 0 aromatic heterocycles. The molecule has 0 spiro atoms. The van der Waals surface area contributed by atoms with Crippen molar-refractivity contribution in [3.63, 3.8) is 0 Å². The summed E-state index contributed by atoms with van der Waals surface area (Å²) in [6.07, 6.45) is -0.377. The molecule has 202 valence electrons. The Morgan fingerprint density at radius 3 is 2.03 bits per heavy atom. The minimum Gasteiger partial charge on any atom is -0.444 e. The first-order valence-electron chi connectivity index (χ1n) is 12.4. The maximum atomic E-state index is 14.0. The summed E-state index contributed by atoms with van der Waals surface area (Å²) in [6, 6.07) is 4.99. The Balaban J connectivity index is 3.55. The Labute approximate surface area is 215 Å². The summed E-state index contributed by atoms with van der Waals surface area (Å²) in [7, 11) is 0. The van der Waals surface area contributed by atoms with E-state index in [1.165, 1.54) is 4.90 Å². The average Bonchev–Trinajstić information content (AvgIpc) is 2.72. The third-order valence-electron chi connectivity index (χ3n) is 5.41. The van der Waals surface area contributed by atoms with Gasteiger partial charge in [0.1, 0.15) is 17.7 Å². The van der Waals surface area contributed by atoms with Gasteiger partial charge in [0.05, 0.1) is 0 Å². The normalized spacial score (nSPS) is 14.2. The zero-order chi connectivity index (χ0) is 27.8. The molecule has 4 amide bonds. The second-order valence-electron chi connectivity index (χ2n) is 11.3. The predicted molar refractivity (Wildman–Crippen MR) is 140 cm³/mol. The molecular formula is C27H44N4O5. The Hall–Kier alpha value is -3.10. The monoisotopic (exact) mass is 504 g/mol. The SMILES string of the molecule is CCC(C)N(C(=O)C(CCC(N)=O)NC(=O)OC(C)(C)C)C(C(=O)NC(C)(C)C)c1ccc(C)cc1. The van der Waals surface area contributed by atoms with Crippen LogP contribution in [0.4, 0.5) is 4.79 Å². The van der Waals surface area contributed by atoms with Gasteiger partial charge in [-0.15, -0.1) is 0 Å². The lowest BCUT2D eigenvalue weighted by molar-refractivity contribution is -0.146. The molecule has 0 aliphatic carbocycles. The van der Waals surface area contributed by atoms with Gasteiger partial charge in [-0.2, -0.15) is 0 Å². The highest BCUT2D eigenvalue weighted by molar-refractivity contribution is 5.93. The fourth-order valence-corrected chi connectivity index (χ4v) is 3.59. The average molecular weight is 505 g/mol. The number of nitrogens with two attached hydrogens (primary N) is 1. The van der Waals surface area contributed by atoms with Crippen LogP contribution in [-0.4, -0.2) is 51.9 Å². The van der Waals surface area contributed by atoms with Crippen LogP contribution in [-0.2, 0) is 19.1 Å². The van der Waals surface area contributed by atoms with Gasteiger partial charge in [0.2, 0.25) is 17.7 Å². The van der Waals surface area contributed by atoms with Crippen molar-refractivity contribution in [2.75, 3.05) is 0 Å². The smallest absolute Gasteiger partial charge is 0.408 e. The van der Waals surface area contributed by atoms with E-state index in [9.17, 15) is 19.2 Å². The van der Waals surface area contributed by atoms with Crippen molar-refractivity contribution in [1.29, 1.82) is 0 Å². The molecule has 1 rings (SSSR count). The van der Waals surface area contributed by atoms with Crippen molar-refractivity contribution in [1.82, 2.24) is 15.5 Å². The first-order chi connectivity index (χ1) is 16.4. The van der Waals surface area contributed by atoms with Crippen molar-refractivity contribution >= 4 is 23.8 Å². The summed E-state index contributed by atoms with van der Waals surface area (Å²) >= 11 is 0. The molecule has 36 heavy (non-hydrogen) atoms. The van der Waals surface area contributed by atoms with E-state index in [2.05, 4.69) is 10.6 Å². The number of hydrogen-bond donors (Lipinski definition) is 3. The molecule has 0 fully saturated rings. The van der Waals surface area contributed by atoms with E-state index < -0.39 is 41.1 Å². The number of nitrogens with zero attached hydrogens (tertiary/aromatic N) is 1. The maximum Gasteiger partial charge on any atom is 0.408 e. The molecular weight excluding hydrogens is 460 g/mol. The van der Waals surface area contributed by atoms with Gasteiger partial charge in [0.25, 0.3) is 0 Å². The van der Waals surface area contributed by atoms with Gasteiger partial charge in [-0.25, -0.2) is 4.79 Å². The Morgan fingerprint density at radius 1 is 1.03 bits per heavy atom. The van der Waals surface area contributed by atoms with Crippen molar-refractivity contribution in [2.45, 2.75) is 111 Å². The van der Waals surface area contributed by atoms with Crippen LogP contribution in [0.3, 0.4) is 0 Å². The van der Waals surface area contributed by atoms with E-state index in [1.807, 2.05) is 65.8 Å². The molecule has 0 radical (unpaired) electrons. The number of carbonyl (C=O) groups excluding carboxylic acids is 4. The van der Waals surface area contributed by atoms with Gasteiger partial charge < -0.3 is 26.0 Å². The number of hydrogen-bond acceptors (Lipinski definition) is 5. The van der Waals surface area contributed by atoms with Crippen LogP contribution < -0.4 is 16.4 Å². The summed E-state index contributed by atoms with van der Waals surface area (Å²) in [5, 5.41) is 5.59. The highest BCUT2D eigenvalue weighted by atomic mass is 16.6. The number of nitrogens with one attached hydrogen (secondary N) is 2. The van der Waals surface area contributed by atoms with Gasteiger partial charge in [-0.05, 0) is 73.8 Å². The first-order valence-corrected chi connectivity index (χ1v) is 12.4. The van der Waals surface area contributed by atoms with Crippen molar-refractivity contribution in [3.05, 3.63) is 35.4 Å². The van der Waals surface area contributed by atoms with Crippen LogP contribution in [0.25, 0.3) is 0 Å². The molecule has 1 aromatic carbocycles. The van der Waals surface area contributed by atoms with Crippen LogP contribution in [0.2, 0.25) is 0 Å². The second-order valence-corrected chi connectivity index (χ2v) is 11.3. The summed E-state index contributed by atoms with van der Waals surface area (Å²) in [5.74, 6) is -1.44. The van der Waals surface area contributed by atoms with E-state index in [-0.39, 0.29) is 24.8 Å². The molecule has 4 N–H and O–H groups in total. The van der Waals surface area contributed by atoms with Gasteiger partial charge in [0.15, 0.2) is 0 Å². The predicted octanol–water partition coefficient (Wildman–Crippen LogP) is 3.74. The lowest BCUT2D eigenvalue weighted by Crippen LogP contribution is -2.57. The zero-order valence-corrected chi connectivity index (χ0v) is 23.2. The van der Waals surface area contributed by atoms with Crippen LogP contribution >= 0.6 is 0 Å². The highest BCUT2D eigenvalue weighted by Crippen LogP contribution is 2.28. The van der Waals surface area contributed by atoms with Crippen molar-refractivity contribution < 1.29 is 23.9 Å². The zero-order valence-electron chi connectivity index (χ0n) is 23.2. The quantitative estimate of drug-likeness (QED) is 0.447. The fourth-order valence-electron chi connectivity index (χ4n) is 3.59. The third-order valence-corrected chi connectivity index (χ3v) is 5.41. The number of alkyl carbamates (subject to hydrolysis) is 1. The highest BCUT2D eigenvalue weighted by Gasteiger charge is 2.39. The molecule has 0 heterocycles. The van der Waals surface area contributed by atoms with E-state index >= 15 is 0 Å². The number of ether oxygens (including phenoxy) is 1.